The SMILES string of the molecule is O=C(NCC1CCCN1S(=O)(=O)c1ccc(Cl)cc1)[C@@]12CC3CCCC(C1)C(C3)C2. The van der Waals surface area contributed by atoms with Crippen molar-refractivity contribution in [2.45, 2.75) is 68.7 Å². The van der Waals surface area contributed by atoms with Gasteiger partial charge in [0.15, 0.2) is 0 Å². The third-order valence-corrected chi connectivity index (χ3v) is 10.4. The van der Waals surface area contributed by atoms with Gasteiger partial charge < -0.3 is 5.32 Å². The second kappa shape index (κ2) is 7.79. The zero-order valence-electron chi connectivity index (χ0n) is 17.4. The first-order chi connectivity index (χ1) is 14.4. The number of hydrogen-bond donors (Lipinski definition) is 1. The molecule has 4 aliphatic rings. The van der Waals surface area contributed by atoms with Crippen LogP contribution in [-0.4, -0.2) is 37.8 Å². The fraction of sp³-hybridized carbons (Fsp3) is 0.696. The van der Waals surface area contributed by atoms with Crippen molar-refractivity contribution in [1.29, 1.82) is 0 Å². The van der Waals surface area contributed by atoms with Crippen LogP contribution in [-0.2, 0) is 14.8 Å². The van der Waals surface area contributed by atoms with Crippen LogP contribution in [0, 0.1) is 23.2 Å². The van der Waals surface area contributed by atoms with Crippen LogP contribution in [0.4, 0.5) is 0 Å². The Labute approximate surface area is 184 Å². The van der Waals surface area contributed by atoms with Gasteiger partial charge in [-0.15, -0.1) is 0 Å². The molecule has 5 rings (SSSR count). The lowest BCUT2D eigenvalue weighted by atomic mass is 9.69. The first-order valence-corrected chi connectivity index (χ1v) is 13.2. The van der Waals surface area contributed by atoms with Crippen molar-refractivity contribution in [2.24, 2.45) is 23.2 Å². The highest BCUT2D eigenvalue weighted by Gasteiger charge is 2.55. The highest BCUT2D eigenvalue weighted by Crippen LogP contribution is 2.60. The van der Waals surface area contributed by atoms with Crippen LogP contribution in [0.2, 0.25) is 5.02 Å². The second-order valence-corrected chi connectivity index (χ2v) is 12.3. The summed E-state index contributed by atoms with van der Waals surface area (Å²) in [6.45, 7) is 0.913. The second-order valence-electron chi connectivity index (χ2n) is 10.0. The Morgan fingerprint density at radius 2 is 1.83 bits per heavy atom. The number of fused-ring (bicyclic) bond motifs is 2. The van der Waals surface area contributed by atoms with Gasteiger partial charge in [-0.25, -0.2) is 8.42 Å². The van der Waals surface area contributed by atoms with Gasteiger partial charge >= 0.3 is 0 Å². The third-order valence-electron chi connectivity index (χ3n) is 8.20. The highest BCUT2D eigenvalue weighted by atomic mass is 35.5. The van der Waals surface area contributed by atoms with Gasteiger partial charge in [0, 0.05) is 29.6 Å². The van der Waals surface area contributed by atoms with Gasteiger partial charge in [-0.3, -0.25) is 4.79 Å². The summed E-state index contributed by atoms with van der Waals surface area (Å²) in [7, 11) is -3.58. The predicted octanol–water partition coefficient (Wildman–Crippen LogP) is 4.22. The number of sulfonamides is 1. The molecule has 30 heavy (non-hydrogen) atoms. The molecule has 3 bridgehead atoms. The molecule has 1 N–H and O–H groups in total. The molecule has 4 fully saturated rings. The fourth-order valence-corrected chi connectivity index (χ4v) is 8.72. The lowest BCUT2D eigenvalue weighted by Gasteiger charge is -2.37. The van der Waals surface area contributed by atoms with Crippen LogP contribution >= 0.6 is 11.6 Å². The van der Waals surface area contributed by atoms with Crippen LogP contribution in [0.3, 0.4) is 0 Å². The average molecular weight is 451 g/mol. The van der Waals surface area contributed by atoms with E-state index >= 15 is 0 Å². The number of halogens is 1. The minimum absolute atomic E-state index is 0.175. The van der Waals surface area contributed by atoms with Crippen molar-refractivity contribution in [2.75, 3.05) is 13.1 Å². The van der Waals surface area contributed by atoms with E-state index in [1.807, 2.05) is 0 Å². The van der Waals surface area contributed by atoms with Crippen molar-refractivity contribution in [3.05, 3.63) is 29.3 Å². The molecule has 0 radical (unpaired) electrons. The monoisotopic (exact) mass is 450 g/mol. The molecule has 4 unspecified atom stereocenters. The maximum atomic E-state index is 13.3. The van der Waals surface area contributed by atoms with Gasteiger partial charge in [-0.1, -0.05) is 30.9 Å². The summed E-state index contributed by atoms with van der Waals surface area (Å²) in [5, 5.41) is 3.72. The van der Waals surface area contributed by atoms with Gasteiger partial charge in [0.25, 0.3) is 0 Å². The van der Waals surface area contributed by atoms with E-state index in [0.717, 1.165) is 43.9 Å². The van der Waals surface area contributed by atoms with Crippen LogP contribution in [0.25, 0.3) is 0 Å². The molecule has 3 saturated carbocycles. The summed E-state index contributed by atoms with van der Waals surface area (Å²) in [4.78, 5) is 13.6. The van der Waals surface area contributed by atoms with E-state index in [2.05, 4.69) is 5.32 Å². The van der Waals surface area contributed by atoms with Gasteiger partial charge in [0.2, 0.25) is 15.9 Å². The average Bonchev–Trinajstić information content (AvgIpc) is 3.25. The topological polar surface area (TPSA) is 66.5 Å². The number of carbonyl (C=O) groups is 1. The Bertz CT molecular complexity index is 915. The normalized spacial score (nSPS) is 36.0. The number of nitrogens with zero attached hydrogens (tertiary/aromatic N) is 1. The highest BCUT2D eigenvalue weighted by molar-refractivity contribution is 7.89. The van der Waals surface area contributed by atoms with Crippen LogP contribution in [0.15, 0.2) is 29.2 Å². The van der Waals surface area contributed by atoms with Crippen LogP contribution < -0.4 is 5.32 Å². The zero-order chi connectivity index (χ0) is 20.9. The molecule has 164 valence electrons. The van der Waals surface area contributed by atoms with Crippen LogP contribution in [0.1, 0.15) is 57.8 Å². The molecule has 1 heterocycles. The minimum atomic E-state index is -3.58. The summed E-state index contributed by atoms with van der Waals surface area (Å²) in [5.41, 5.74) is -0.197. The minimum Gasteiger partial charge on any atom is -0.354 e. The standard InChI is InChI=1S/C23H31ClN2O3S/c24-19-6-8-21(9-7-19)30(28,29)26-10-2-5-20(26)15-25-22(27)23-12-16-3-1-4-17(13-23)18(11-16)14-23/h6-9,16-18,20H,1-5,10-15H2,(H,25,27)/t16?,17?,18?,20?,23-/m0/s1. The summed E-state index contributed by atoms with van der Waals surface area (Å²) in [6.07, 6.45) is 9.92. The molecular formula is C23H31ClN2O3S. The van der Waals surface area contributed by atoms with E-state index in [0.29, 0.717) is 24.0 Å². The number of nitrogens with one attached hydrogen (secondary N) is 1. The number of amides is 1. The number of hydrogen-bond acceptors (Lipinski definition) is 3. The molecule has 0 aromatic heterocycles. The molecule has 1 aromatic rings. The van der Waals surface area contributed by atoms with E-state index in [1.165, 1.54) is 25.7 Å². The summed E-state index contributed by atoms with van der Waals surface area (Å²) in [6, 6.07) is 6.16. The molecule has 1 aromatic carbocycles. The van der Waals surface area contributed by atoms with Gasteiger partial charge in [-0.2, -0.15) is 4.31 Å². The van der Waals surface area contributed by atoms with E-state index in [9.17, 15) is 13.2 Å². The lowest BCUT2D eigenvalue weighted by molar-refractivity contribution is -0.133. The van der Waals surface area contributed by atoms with E-state index < -0.39 is 10.0 Å². The summed E-state index contributed by atoms with van der Waals surface area (Å²) >= 11 is 5.92. The van der Waals surface area contributed by atoms with Gasteiger partial charge in [-0.05, 0) is 80.5 Å². The van der Waals surface area contributed by atoms with Gasteiger partial charge in [0.1, 0.15) is 0 Å². The first kappa shape index (κ1) is 20.8. The quantitative estimate of drug-likeness (QED) is 0.730. The Morgan fingerprint density at radius 3 is 2.63 bits per heavy atom. The Kier molecular flexibility index (Phi) is 5.39. The van der Waals surface area contributed by atoms with Gasteiger partial charge in [0.05, 0.1) is 4.90 Å². The molecule has 1 saturated heterocycles. The van der Waals surface area contributed by atoms with Crippen molar-refractivity contribution in [3.63, 3.8) is 0 Å². The van der Waals surface area contributed by atoms with Crippen molar-refractivity contribution < 1.29 is 13.2 Å². The van der Waals surface area contributed by atoms with E-state index in [-0.39, 0.29) is 22.3 Å². The van der Waals surface area contributed by atoms with Crippen LogP contribution in [0.5, 0.6) is 0 Å². The third kappa shape index (κ3) is 3.59. The molecule has 7 heteroatoms. The maximum absolute atomic E-state index is 13.3. The number of rotatable bonds is 5. The largest absolute Gasteiger partial charge is 0.354 e. The van der Waals surface area contributed by atoms with Crippen molar-refractivity contribution in [3.8, 4) is 0 Å². The Morgan fingerprint density at radius 1 is 1.07 bits per heavy atom. The van der Waals surface area contributed by atoms with E-state index in [1.54, 1.807) is 28.6 Å². The van der Waals surface area contributed by atoms with E-state index in [4.69, 9.17) is 11.6 Å². The zero-order valence-corrected chi connectivity index (χ0v) is 18.9. The Balaban J connectivity index is 1.27. The Hall–Kier alpha value is -1.11. The molecule has 1 aliphatic heterocycles. The van der Waals surface area contributed by atoms with Crippen molar-refractivity contribution >= 4 is 27.5 Å². The fourth-order valence-electron chi connectivity index (χ4n) is 6.90. The summed E-state index contributed by atoms with van der Waals surface area (Å²) < 4.78 is 27.8. The summed E-state index contributed by atoms with van der Waals surface area (Å²) in [5.74, 6) is 2.33. The molecular weight excluding hydrogens is 420 g/mol. The molecule has 5 nitrogen and oxygen atoms in total. The number of carbonyl (C=O) groups excluding carboxylic acids is 1. The first-order valence-electron chi connectivity index (χ1n) is 11.4. The molecule has 1 amide bonds. The number of benzene rings is 1. The maximum Gasteiger partial charge on any atom is 0.243 e. The predicted molar refractivity (Wildman–Crippen MR) is 117 cm³/mol. The molecule has 0 spiro atoms. The molecule has 5 atom stereocenters. The molecule has 3 aliphatic carbocycles. The lowest BCUT2D eigenvalue weighted by Crippen LogP contribution is -2.48. The smallest absolute Gasteiger partial charge is 0.243 e. The van der Waals surface area contributed by atoms with Crippen molar-refractivity contribution in [1.82, 2.24) is 9.62 Å².